The van der Waals surface area contributed by atoms with Gasteiger partial charge in [0.05, 0.1) is 13.2 Å². The average molecular weight is 296 g/mol. The van der Waals surface area contributed by atoms with Gasteiger partial charge in [-0.1, -0.05) is 20.8 Å². The largest absolute Gasteiger partial charge is 0.401 e. The van der Waals surface area contributed by atoms with Crippen LogP contribution in [-0.4, -0.2) is 56.5 Å². The second-order valence-electron chi connectivity index (χ2n) is 6.16. The number of alkyl halides is 3. The normalized spacial score (nSPS) is 24.0. The van der Waals surface area contributed by atoms with E-state index in [0.29, 0.717) is 38.9 Å². The zero-order valence-corrected chi connectivity index (χ0v) is 12.7. The maximum Gasteiger partial charge on any atom is 0.401 e. The molecule has 1 N–H and O–H groups in total. The Hall–Kier alpha value is -0.330. The van der Waals surface area contributed by atoms with E-state index in [2.05, 4.69) is 5.32 Å². The summed E-state index contributed by atoms with van der Waals surface area (Å²) < 4.78 is 43.4. The monoisotopic (exact) mass is 296 g/mol. The molecule has 0 aliphatic carbocycles. The van der Waals surface area contributed by atoms with E-state index in [4.69, 9.17) is 4.74 Å². The van der Waals surface area contributed by atoms with Crippen LogP contribution >= 0.6 is 0 Å². The zero-order chi connectivity index (χ0) is 15.2. The number of rotatable bonds is 8. The number of ether oxygens (including phenoxy) is 1. The van der Waals surface area contributed by atoms with E-state index in [9.17, 15) is 13.2 Å². The van der Waals surface area contributed by atoms with Crippen molar-refractivity contribution in [2.75, 3.05) is 39.4 Å². The molecule has 0 aromatic rings. The second kappa shape index (κ2) is 7.61. The predicted octanol–water partition coefficient (Wildman–Crippen LogP) is 2.67. The maximum absolute atomic E-state index is 12.7. The number of nitrogens with zero attached hydrogens (tertiary/aromatic N) is 1. The van der Waals surface area contributed by atoms with E-state index in [1.165, 1.54) is 4.90 Å². The molecule has 0 aromatic carbocycles. The molecule has 1 heterocycles. The third-order valence-corrected chi connectivity index (χ3v) is 3.57. The average Bonchev–Trinajstić information content (AvgIpc) is 2.74. The Morgan fingerprint density at radius 1 is 1.35 bits per heavy atom. The minimum absolute atomic E-state index is 0.190. The van der Waals surface area contributed by atoms with E-state index in [1.807, 2.05) is 20.8 Å². The van der Waals surface area contributed by atoms with Crippen molar-refractivity contribution in [1.82, 2.24) is 10.2 Å². The molecular weight excluding hydrogens is 269 g/mol. The van der Waals surface area contributed by atoms with Crippen LogP contribution < -0.4 is 5.32 Å². The van der Waals surface area contributed by atoms with Gasteiger partial charge in [-0.15, -0.1) is 0 Å². The van der Waals surface area contributed by atoms with Gasteiger partial charge in [0.25, 0.3) is 0 Å². The van der Waals surface area contributed by atoms with Crippen molar-refractivity contribution in [2.24, 2.45) is 5.41 Å². The molecule has 1 rings (SSSR count). The van der Waals surface area contributed by atoms with Gasteiger partial charge >= 0.3 is 6.18 Å². The number of hydrogen-bond donors (Lipinski definition) is 1. The first-order chi connectivity index (χ1) is 9.26. The third kappa shape index (κ3) is 6.41. The fourth-order valence-electron chi connectivity index (χ4n) is 2.65. The van der Waals surface area contributed by atoms with Crippen molar-refractivity contribution in [3.05, 3.63) is 0 Å². The van der Waals surface area contributed by atoms with Gasteiger partial charge < -0.3 is 10.1 Å². The Balaban J connectivity index is 2.64. The number of hydrogen-bond acceptors (Lipinski definition) is 3. The number of nitrogens with one attached hydrogen (secondary N) is 1. The summed E-state index contributed by atoms with van der Waals surface area (Å²) >= 11 is 0. The lowest BCUT2D eigenvalue weighted by molar-refractivity contribution is -0.149. The lowest BCUT2D eigenvalue weighted by atomic mass is 9.86. The van der Waals surface area contributed by atoms with Crippen LogP contribution in [0, 0.1) is 5.41 Å². The summed E-state index contributed by atoms with van der Waals surface area (Å²) in [6.45, 7) is 7.99. The molecule has 3 nitrogen and oxygen atoms in total. The highest BCUT2D eigenvalue weighted by Crippen LogP contribution is 2.30. The van der Waals surface area contributed by atoms with Crippen LogP contribution in [0.25, 0.3) is 0 Å². The minimum atomic E-state index is -4.14. The molecule has 1 saturated heterocycles. The molecule has 0 aromatic heterocycles. The molecule has 6 heteroatoms. The van der Waals surface area contributed by atoms with Crippen molar-refractivity contribution in [1.29, 1.82) is 0 Å². The maximum atomic E-state index is 12.7. The standard InChI is InChI=1S/C14H27F3N2O/c1-4-6-19(10-14(15,16)17)9-13(5-7-20-11-13)8-18-12(2)3/h12,18H,4-11H2,1-3H3. The van der Waals surface area contributed by atoms with Crippen molar-refractivity contribution in [2.45, 2.75) is 45.8 Å². The molecule has 0 bridgehead atoms. The Morgan fingerprint density at radius 2 is 2.05 bits per heavy atom. The first kappa shape index (κ1) is 17.7. The van der Waals surface area contributed by atoms with Gasteiger partial charge in [-0.25, -0.2) is 0 Å². The summed E-state index contributed by atoms with van der Waals surface area (Å²) in [5, 5.41) is 3.35. The minimum Gasteiger partial charge on any atom is -0.381 e. The van der Waals surface area contributed by atoms with Gasteiger partial charge in [0.1, 0.15) is 0 Å². The molecule has 1 aliphatic rings. The lowest BCUT2D eigenvalue weighted by Gasteiger charge is -2.35. The zero-order valence-electron chi connectivity index (χ0n) is 12.7. The topological polar surface area (TPSA) is 24.5 Å². The lowest BCUT2D eigenvalue weighted by Crippen LogP contribution is -2.48. The van der Waals surface area contributed by atoms with Crippen LogP contribution in [0.1, 0.15) is 33.6 Å². The van der Waals surface area contributed by atoms with Crippen LogP contribution in [0.5, 0.6) is 0 Å². The van der Waals surface area contributed by atoms with Crippen molar-refractivity contribution in [3.8, 4) is 0 Å². The summed E-state index contributed by atoms with van der Waals surface area (Å²) in [5.41, 5.74) is -0.190. The quantitative estimate of drug-likeness (QED) is 0.745. The summed E-state index contributed by atoms with van der Waals surface area (Å²) in [4.78, 5) is 1.52. The van der Waals surface area contributed by atoms with Gasteiger partial charge in [-0.05, 0) is 19.4 Å². The highest BCUT2D eigenvalue weighted by atomic mass is 19.4. The van der Waals surface area contributed by atoms with E-state index >= 15 is 0 Å². The fourth-order valence-corrected chi connectivity index (χ4v) is 2.65. The van der Waals surface area contributed by atoms with Crippen LogP contribution in [-0.2, 0) is 4.74 Å². The van der Waals surface area contributed by atoms with Gasteiger partial charge in [0.2, 0.25) is 0 Å². The van der Waals surface area contributed by atoms with E-state index < -0.39 is 12.7 Å². The molecule has 1 aliphatic heterocycles. The molecule has 1 atom stereocenters. The molecule has 1 unspecified atom stereocenters. The molecule has 0 spiro atoms. The van der Waals surface area contributed by atoms with Gasteiger partial charge in [0, 0.05) is 31.2 Å². The summed E-state index contributed by atoms with van der Waals surface area (Å²) in [7, 11) is 0. The Morgan fingerprint density at radius 3 is 2.50 bits per heavy atom. The van der Waals surface area contributed by atoms with Crippen LogP contribution in [0.3, 0.4) is 0 Å². The Labute approximate surface area is 119 Å². The third-order valence-electron chi connectivity index (χ3n) is 3.57. The molecule has 1 fully saturated rings. The van der Waals surface area contributed by atoms with Crippen molar-refractivity contribution < 1.29 is 17.9 Å². The van der Waals surface area contributed by atoms with Crippen LogP contribution in [0.4, 0.5) is 13.2 Å². The molecule has 0 amide bonds. The summed E-state index contributed by atoms with van der Waals surface area (Å²) in [6, 6.07) is 0.328. The smallest absolute Gasteiger partial charge is 0.381 e. The van der Waals surface area contributed by atoms with Crippen molar-refractivity contribution >= 4 is 0 Å². The van der Waals surface area contributed by atoms with E-state index in [0.717, 1.165) is 12.8 Å². The van der Waals surface area contributed by atoms with Crippen LogP contribution in [0.2, 0.25) is 0 Å². The predicted molar refractivity (Wildman–Crippen MR) is 73.8 cm³/mol. The molecule has 20 heavy (non-hydrogen) atoms. The van der Waals surface area contributed by atoms with Crippen molar-refractivity contribution in [3.63, 3.8) is 0 Å². The SMILES string of the molecule is CCCN(CC(F)(F)F)CC1(CNC(C)C)CCOC1. The van der Waals surface area contributed by atoms with Gasteiger partial charge in [0.15, 0.2) is 0 Å². The summed E-state index contributed by atoms with van der Waals surface area (Å²) in [6.07, 6.45) is -2.59. The highest BCUT2D eigenvalue weighted by molar-refractivity contribution is 4.89. The molecular formula is C14H27F3N2O. The van der Waals surface area contributed by atoms with Gasteiger partial charge in [-0.3, -0.25) is 4.90 Å². The first-order valence-electron chi connectivity index (χ1n) is 7.36. The summed E-state index contributed by atoms with van der Waals surface area (Å²) in [5.74, 6) is 0. The van der Waals surface area contributed by atoms with Crippen LogP contribution in [0.15, 0.2) is 0 Å². The second-order valence-corrected chi connectivity index (χ2v) is 6.16. The van der Waals surface area contributed by atoms with E-state index in [-0.39, 0.29) is 5.41 Å². The Kier molecular flexibility index (Phi) is 6.75. The number of halogens is 3. The van der Waals surface area contributed by atoms with E-state index in [1.54, 1.807) is 0 Å². The molecule has 120 valence electrons. The van der Waals surface area contributed by atoms with Gasteiger partial charge in [-0.2, -0.15) is 13.2 Å². The first-order valence-corrected chi connectivity index (χ1v) is 7.36. The molecule has 0 saturated carbocycles. The highest BCUT2D eigenvalue weighted by Gasteiger charge is 2.39. The fraction of sp³-hybridized carbons (Fsp3) is 1.00. The Bertz CT molecular complexity index is 276. The molecule has 0 radical (unpaired) electrons.